The first kappa shape index (κ1) is 17.4. The molecule has 0 radical (unpaired) electrons. The van der Waals surface area contributed by atoms with Crippen LogP contribution in [0.25, 0.3) is 0 Å². The van der Waals surface area contributed by atoms with Crippen LogP contribution in [0.4, 0.5) is 0 Å². The Bertz CT molecular complexity index is 314. The Morgan fingerprint density at radius 1 is 1.17 bits per heavy atom. The molecule has 0 aliphatic heterocycles. The van der Waals surface area contributed by atoms with Crippen molar-refractivity contribution in [3.8, 4) is 0 Å². The maximum atomic E-state index is 9.84. The van der Waals surface area contributed by atoms with Crippen LogP contribution >= 0.6 is 12.4 Å². The summed E-state index contributed by atoms with van der Waals surface area (Å²) in [6.45, 7) is 5.42. The predicted octanol–water partition coefficient (Wildman–Crippen LogP) is 2.16. The van der Waals surface area contributed by atoms with Crippen LogP contribution < -0.4 is 5.32 Å². The van der Waals surface area contributed by atoms with Gasteiger partial charge in [0.2, 0.25) is 0 Å². The lowest BCUT2D eigenvalue weighted by Crippen LogP contribution is -2.33. The van der Waals surface area contributed by atoms with E-state index in [4.69, 9.17) is 4.74 Å². The second-order valence-electron chi connectivity index (χ2n) is 4.67. The molecular weight excluding hydrogens is 250 g/mol. The molecule has 0 aliphatic carbocycles. The lowest BCUT2D eigenvalue weighted by atomic mass is 10.1. The Kier molecular flexibility index (Phi) is 9.02. The number of rotatable bonds is 7. The Morgan fingerprint density at radius 2 is 1.72 bits per heavy atom. The number of methoxy groups -OCH3 is 1. The van der Waals surface area contributed by atoms with Crippen molar-refractivity contribution in [2.45, 2.75) is 39.0 Å². The van der Waals surface area contributed by atoms with Crippen LogP contribution in [0.2, 0.25) is 0 Å². The van der Waals surface area contributed by atoms with Crippen LogP contribution in [0.5, 0.6) is 0 Å². The highest BCUT2D eigenvalue weighted by Gasteiger charge is 2.06. The van der Waals surface area contributed by atoms with E-state index in [1.807, 2.05) is 24.3 Å². The van der Waals surface area contributed by atoms with E-state index >= 15 is 0 Å². The molecule has 1 aromatic rings. The number of aliphatic hydroxyl groups excluding tert-OH is 1. The summed E-state index contributed by atoms with van der Waals surface area (Å²) in [6.07, 6.45) is 0.359. The molecule has 0 heterocycles. The van der Waals surface area contributed by atoms with Crippen molar-refractivity contribution in [1.29, 1.82) is 0 Å². The normalized spacial score (nSPS) is 12.3. The van der Waals surface area contributed by atoms with E-state index in [0.717, 1.165) is 11.1 Å². The summed E-state index contributed by atoms with van der Waals surface area (Å²) < 4.78 is 5.05. The summed E-state index contributed by atoms with van der Waals surface area (Å²) in [5, 5.41) is 13.1. The molecule has 0 aromatic heterocycles. The molecule has 0 amide bonds. The van der Waals surface area contributed by atoms with Gasteiger partial charge in [0.25, 0.3) is 0 Å². The molecule has 18 heavy (non-hydrogen) atoms. The minimum atomic E-state index is -0.328. The summed E-state index contributed by atoms with van der Waals surface area (Å²) in [7, 11) is 1.69. The standard InChI is InChI=1S/C14H23NO2.ClH/c1-11(2)15-9-14(16)8-12-4-6-13(7-5-12)10-17-3;/h4-7,11,14-16H,8-10H2,1-3H3;1H. The minimum Gasteiger partial charge on any atom is -0.391 e. The molecule has 0 bridgehead atoms. The van der Waals surface area contributed by atoms with Crippen LogP contribution in [-0.2, 0) is 17.8 Å². The average molecular weight is 274 g/mol. The molecule has 0 fully saturated rings. The van der Waals surface area contributed by atoms with Gasteiger partial charge in [-0.25, -0.2) is 0 Å². The lowest BCUT2D eigenvalue weighted by molar-refractivity contribution is 0.169. The van der Waals surface area contributed by atoms with Crippen molar-refractivity contribution in [3.63, 3.8) is 0 Å². The topological polar surface area (TPSA) is 41.5 Å². The smallest absolute Gasteiger partial charge is 0.0713 e. The Labute approximate surface area is 116 Å². The van der Waals surface area contributed by atoms with Gasteiger partial charge in [-0.05, 0) is 17.5 Å². The molecule has 1 atom stereocenters. The largest absolute Gasteiger partial charge is 0.391 e. The number of hydrogen-bond donors (Lipinski definition) is 2. The molecule has 0 aliphatic rings. The molecule has 1 aromatic carbocycles. The van der Waals surface area contributed by atoms with Crippen LogP contribution in [0.3, 0.4) is 0 Å². The van der Waals surface area contributed by atoms with Gasteiger partial charge < -0.3 is 15.2 Å². The first-order valence-electron chi connectivity index (χ1n) is 6.10. The average Bonchev–Trinajstić information content (AvgIpc) is 2.29. The van der Waals surface area contributed by atoms with Crippen molar-refractivity contribution >= 4 is 12.4 Å². The monoisotopic (exact) mass is 273 g/mol. The molecule has 0 saturated heterocycles. The Balaban J connectivity index is 0.00000289. The number of aliphatic hydroxyl groups is 1. The number of nitrogens with one attached hydrogen (secondary N) is 1. The molecule has 4 heteroatoms. The third-order valence-corrected chi connectivity index (χ3v) is 2.57. The molecule has 0 spiro atoms. The predicted molar refractivity (Wildman–Crippen MR) is 77.3 cm³/mol. The maximum Gasteiger partial charge on any atom is 0.0713 e. The van der Waals surface area contributed by atoms with Crippen LogP contribution in [0.1, 0.15) is 25.0 Å². The fourth-order valence-corrected chi connectivity index (χ4v) is 1.65. The third kappa shape index (κ3) is 6.97. The van der Waals surface area contributed by atoms with Gasteiger partial charge in [-0.3, -0.25) is 0 Å². The van der Waals surface area contributed by atoms with Crippen LogP contribution in [0, 0.1) is 0 Å². The zero-order chi connectivity index (χ0) is 12.7. The van der Waals surface area contributed by atoms with E-state index in [1.165, 1.54) is 0 Å². The third-order valence-electron chi connectivity index (χ3n) is 2.57. The zero-order valence-electron chi connectivity index (χ0n) is 11.3. The van der Waals surface area contributed by atoms with Crippen molar-refractivity contribution in [3.05, 3.63) is 35.4 Å². The number of hydrogen-bond acceptors (Lipinski definition) is 3. The van der Waals surface area contributed by atoms with Gasteiger partial charge in [-0.2, -0.15) is 0 Å². The highest BCUT2D eigenvalue weighted by atomic mass is 35.5. The van der Waals surface area contributed by atoms with E-state index in [0.29, 0.717) is 25.6 Å². The second kappa shape index (κ2) is 9.34. The van der Waals surface area contributed by atoms with Crippen molar-refractivity contribution < 1.29 is 9.84 Å². The van der Waals surface area contributed by atoms with Crippen LogP contribution in [-0.4, -0.2) is 30.9 Å². The van der Waals surface area contributed by atoms with E-state index in [1.54, 1.807) is 7.11 Å². The minimum absolute atomic E-state index is 0. The van der Waals surface area contributed by atoms with Crippen LogP contribution in [0.15, 0.2) is 24.3 Å². The quantitative estimate of drug-likeness (QED) is 0.800. The second-order valence-corrected chi connectivity index (χ2v) is 4.67. The molecule has 2 N–H and O–H groups in total. The maximum absolute atomic E-state index is 9.84. The summed E-state index contributed by atoms with van der Waals surface area (Å²) in [5.41, 5.74) is 2.31. The SMILES string of the molecule is COCc1ccc(CC(O)CNC(C)C)cc1.Cl. The van der Waals surface area contributed by atoms with E-state index in [2.05, 4.69) is 19.2 Å². The fourth-order valence-electron chi connectivity index (χ4n) is 1.65. The number of ether oxygens (including phenoxy) is 1. The zero-order valence-corrected chi connectivity index (χ0v) is 12.2. The van der Waals surface area contributed by atoms with Gasteiger partial charge >= 0.3 is 0 Å². The summed E-state index contributed by atoms with van der Waals surface area (Å²) in [4.78, 5) is 0. The highest BCUT2D eigenvalue weighted by Crippen LogP contribution is 2.07. The van der Waals surface area contributed by atoms with Gasteiger partial charge in [0.15, 0.2) is 0 Å². The molecule has 3 nitrogen and oxygen atoms in total. The number of halogens is 1. The van der Waals surface area contributed by atoms with Crippen molar-refractivity contribution in [2.24, 2.45) is 0 Å². The lowest BCUT2D eigenvalue weighted by Gasteiger charge is -2.14. The van der Waals surface area contributed by atoms with Gasteiger partial charge in [0, 0.05) is 19.7 Å². The Morgan fingerprint density at radius 3 is 2.22 bits per heavy atom. The fraction of sp³-hybridized carbons (Fsp3) is 0.571. The molecule has 1 rings (SSSR count). The van der Waals surface area contributed by atoms with Crippen molar-refractivity contribution in [1.82, 2.24) is 5.32 Å². The van der Waals surface area contributed by atoms with E-state index in [9.17, 15) is 5.11 Å². The molecular formula is C14H24ClNO2. The molecule has 0 saturated carbocycles. The number of benzene rings is 1. The summed E-state index contributed by atoms with van der Waals surface area (Å²) in [5.74, 6) is 0. The first-order chi connectivity index (χ1) is 8.11. The molecule has 104 valence electrons. The first-order valence-corrected chi connectivity index (χ1v) is 6.10. The van der Waals surface area contributed by atoms with E-state index in [-0.39, 0.29) is 18.5 Å². The summed E-state index contributed by atoms with van der Waals surface area (Å²) >= 11 is 0. The highest BCUT2D eigenvalue weighted by molar-refractivity contribution is 5.85. The van der Waals surface area contributed by atoms with Gasteiger partial charge in [0.05, 0.1) is 12.7 Å². The van der Waals surface area contributed by atoms with Gasteiger partial charge in [-0.15, -0.1) is 12.4 Å². The van der Waals surface area contributed by atoms with Gasteiger partial charge in [0.1, 0.15) is 0 Å². The van der Waals surface area contributed by atoms with Gasteiger partial charge in [-0.1, -0.05) is 38.1 Å². The molecule has 1 unspecified atom stereocenters. The van der Waals surface area contributed by atoms with E-state index < -0.39 is 0 Å². The summed E-state index contributed by atoms with van der Waals surface area (Å²) in [6, 6.07) is 8.59. The van der Waals surface area contributed by atoms with Crippen molar-refractivity contribution in [2.75, 3.05) is 13.7 Å². The Hall–Kier alpha value is -0.610.